The molecule has 1 aliphatic rings. The van der Waals surface area contributed by atoms with Crippen LogP contribution in [0.25, 0.3) is 0 Å². The number of nitrogens with two attached hydrogens (primary N) is 1. The van der Waals surface area contributed by atoms with Crippen LogP contribution in [0.5, 0.6) is 0 Å². The molecule has 5 nitrogen and oxygen atoms in total. The zero-order valence-corrected chi connectivity index (χ0v) is 16.1. The first kappa shape index (κ1) is 19.8. The van der Waals surface area contributed by atoms with Crippen molar-refractivity contribution in [3.8, 4) is 6.07 Å². The van der Waals surface area contributed by atoms with Crippen LogP contribution in [-0.2, 0) is 6.18 Å². The lowest BCUT2D eigenvalue weighted by atomic mass is 10.1. The SMILES string of the molecule is N#Cc1ccc(N2N=C(c3ccccc3)[NH2+]N2c2cc(Cl)ccc2C(F)(F)F)cc1. The van der Waals surface area contributed by atoms with E-state index in [1.807, 2.05) is 36.4 Å². The molecule has 4 rings (SSSR count). The van der Waals surface area contributed by atoms with E-state index >= 15 is 0 Å². The number of nitriles is 1. The van der Waals surface area contributed by atoms with Crippen molar-refractivity contribution in [1.82, 2.24) is 0 Å². The third kappa shape index (κ3) is 3.81. The Morgan fingerprint density at radius 3 is 2.30 bits per heavy atom. The minimum atomic E-state index is -4.58. The molecule has 0 spiro atoms. The molecule has 0 aromatic heterocycles. The molecule has 0 saturated heterocycles. The van der Waals surface area contributed by atoms with Gasteiger partial charge in [0, 0.05) is 5.02 Å². The van der Waals surface area contributed by atoms with Gasteiger partial charge >= 0.3 is 6.18 Å². The first-order valence-electron chi connectivity index (χ1n) is 8.82. The molecular formula is C21H14ClF3N5+. The molecule has 1 heterocycles. The molecule has 9 heteroatoms. The van der Waals surface area contributed by atoms with Crippen molar-refractivity contribution in [2.45, 2.75) is 6.18 Å². The molecule has 0 aliphatic carbocycles. The highest BCUT2D eigenvalue weighted by molar-refractivity contribution is 6.30. The Balaban J connectivity index is 1.84. The smallest absolute Gasteiger partial charge is 0.192 e. The number of hydrazine groups is 1. The Hall–Kier alpha value is -3.54. The largest absolute Gasteiger partial charge is 0.418 e. The maximum absolute atomic E-state index is 13.7. The van der Waals surface area contributed by atoms with Crippen molar-refractivity contribution < 1.29 is 18.6 Å². The van der Waals surface area contributed by atoms with Gasteiger partial charge < -0.3 is 0 Å². The maximum atomic E-state index is 13.7. The van der Waals surface area contributed by atoms with Crippen molar-refractivity contribution in [3.05, 3.63) is 94.5 Å². The van der Waals surface area contributed by atoms with Gasteiger partial charge in [-0.05, 0) is 54.6 Å². The van der Waals surface area contributed by atoms with Crippen molar-refractivity contribution in [3.63, 3.8) is 0 Å². The van der Waals surface area contributed by atoms with Gasteiger partial charge in [0.25, 0.3) is 5.84 Å². The van der Waals surface area contributed by atoms with Gasteiger partial charge in [0.1, 0.15) is 5.69 Å². The third-order valence-electron chi connectivity index (χ3n) is 4.46. The Morgan fingerprint density at radius 1 is 0.967 bits per heavy atom. The molecule has 0 unspecified atom stereocenters. The minimum absolute atomic E-state index is 0.158. The van der Waals surface area contributed by atoms with Gasteiger partial charge in [-0.2, -0.15) is 23.9 Å². The number of hydrogen-bond donors (Lipinski definition) is 1. The Labute approximate surface area is 175 Å². The lowest BCUT2D eigenvalue weighted by Gasteiger charge is -2.26. The molecule has 3 aromatic rings. The van der Waals surface area contributed by atoms with Gasteiger partial charge in [-0.1, -0.05) is 34.9 Å². The van der Waals surface area contributed by atoms with Gasteiger partial charge in [0.2, 0.25) is 0 Å². The summed E-state index contributed by atoms with van der Waals surface area (Å²) in [5, 5.41) is 16.4. The number of quaternary nitrogens is 1. The van der Waals surface area contributed by atoms with E-state index in [1.165, 1.54) is 27.8 Å². The summed E-state index contributed by atoms with van der Waals surface area (Å²) in [5.74, 6) is 0.480. The number of hydrogen-bond acceptors (Lipinski definition) is 4. The number of alkyl halides is 3. The number of amidine groups is 1. The van der Waals surface area contributed by atoms with Gasteiger partial charge in [-0.3, -0.25) is 0 Å². The summed E-state index contributed by atoms with van der Waals surface area (Å²) >= 11 is 6.03. The molecule has 30 heavy (non-hydrogen) atoms. The minimum Gasteiger partial charge on any atom is -0.192 e. The van der Waals surface area contributed by atoms with E-state index in [-0.39, 0.29) is 10.7 Å². The highest BCUT2D eigenvalue weighted by Crippen LogP contribution is 2.38. The quantitative estimate of drug-likeness (QED) is 0.632. The number of nitrogens with zero attached hydrogens (tertiary/aromatic N) is 4. The molecule has 0 saturated carbocycles. The monoisotopic (exact) mass is 428 g/mol. The van der Waals surface area contributed by atoms with Crippen LogP contribution < -0.4 is 15.7 Å². The summed E-state index contributed by atoms with van der Waals surface area (Å²) in [7, 11) is 0. The van der Waals surface area contributed by atoms with Crippen molar-refractivity contribution in [1.29, 1.82) is 5.26 Å². The second-order valence-electron chi connectivity index (χ2n) is 6.43. The van der Waals surface area contributed by atoms with E-state index in [0.29, 0.717) is 17.1 Å². The average molecular weight is 429 g/mol. The Kier molecular flexibility index (Phi) is 5.08. The van der Waals surface area contributed by atoms with Crippen LogP contribution >= 0.6 is 11.6 Å². The number of rotatable bonds is 3. The highest BCUT2D eigenvalue weighted by atomic mass is 35.5. The molecule has 3 aromatic carbocycles. The van der Waals surface area contributed by atoms with E-state index in [4.69, 9.17) is 16.9 Å². The van der Waals surface area contributed by atoms with Gasteiger partial charge in [-0.15, -0.1) is 10.2 Å². The number of hydrazone groups is 1. The summed E-state index contributed by atoms with van der Waals surface area (Å²) in [6, 6.07) is 20.9. The zero-order chi connectivity index (χ0) is 21.3. The van der Waals surface area contributed by atoms with Gasteiger partial charge in [-0.25, -0.2) is 0 Å². The van der Waals surface area contributed by atoms with E-state index in [2.05, 4.69) is 5.10 Å². The third-order valence-corrected chi connectivity index (χ3v) is 4.70. The van der Waals surface area contributed by atoms with Crippen molar-refractivity contribution in [2.24, 2.45) is 5.10 Å². The first-order valence-corrected chi connectivity index (χ1v) is 9.20. The summed E-state index contributed by atoms with van der Waals surface area (Å²) < 4.78 is 41.1. The van der Waals surface area contributed by atoms with Gasteiger partial charge in [0.05, 0.1) is 28.4 Å². The van der Waals surface area contributed by atoms with Crippen LogP contribution in [0.4, 0.5) is 24.5 Å². The summed E-state index contributed by atoms with van der Waals surface area (Å²) in [5.41, 5.74) is 2.19. The predicted molar refractivity (Wildman–Crippen MR) is 107 cm³/mol. The fraction of sp³-hybridized carbons (Fsp3) is 0.0476. The van der Waals surface area contributed by atoms with E-state index in [1.54, 1.807) is 24.3 Å². The van der Waals surface area contributed by atoms with Crippen molar-refractivity contribution in [2.75, 3.05) is 10.2 Å². The molecule has 0 atom stereocenters. The molecule has 150 valence electrons. The normalized spacial score (nSPS) is 13.9. The van der Waals surface area contributed by atoms with Crippen molar-refractivity contribution >= 4 is 28.8 Å². The Bertz CT molecular complexity index is 1140. The number of halogens is 4. The number of benzene rings is 3. The van der Waals surface area contributed by atoms with E-state index in [9.17, 15) is 13.2 Å². The molecule has 0 amide bonds. The molecular weight excluding hydrogens is 415 g/mol. The average Bonchev–Trinajstić information content (AvgIpc) is 3.19. The molecule has 2 N–H and O–H groups in total. The van der Waals surface area contributed by atoms with Crippen LogP contribution in [0.3, 0.4) is 0 Å². The predicted octanol–water partition coefficient (Wildman–Crippen LogP) is 4.31. The maximum Gasteiger partial charge on any atom is 0.418 e. The molecule has 1 aliphatic heterocycles. The summed E-state index contributed by atoms with van der Waals surface area (Å²) in [6.45, 7) is 0. The number of anilines is 2. The second kappa shape index (κ2) is 7.71. The summed E-state index contributed by atoms with van der Waals surface area (Å²) in [6.07, 6.45) is -4.58. The zero-order valence-electron chi connectivity index (χ0n) is 15.3. The fourth-order valence-electron chi connectivity index (χ4n) is 3.04. The van der Waals surface area contributed by atoms with Crippen LogP contribution in [0.15, 0.2) is 77.9 Å². The highest BCUT2D eigenvalue weighted by Gasteiger charge is 2.40. The van der Waals surface area contributed by atoms with Crippen LogP contribution in [0.2, 0.25) is 5.02 Å². The lowest BCUT2D eigenvalue weighted by molar-refractivity contribution is -0.545. The lowest BCUT2D eigenvalue weighted by Crippen LogP contribution is -2.97. The topological polar surface area (TPSA) is 59.2 Å². The molecule has 0 bridgehead atoms. The van der Waals surface area contributed by atoms with Crippen LogP contribution in [0.1, 0.15) is 16.7 Å². The Morgan fingerprint density at radius 2 is 1.67 bits per heavy atom. The molecule has 0 radical (unpaired) electrons. The second-order valence-corrected chi connectivity index (χ2v) is 6.87. The molecule has 0 fully saturated rings. The van der Waals surface area contributed by atoms with E-state index in [0.717, 1.165) is 11.6 Å². The fourth-order valence-corrected chi connectivity index (χ4v) is 3.21. The van der Waals surface area contributed by atoms with Gasteiger partial charge in [0.15, 0.2) is 0 Å². The standard InChI is InChI=1S/C21H13ClF3N5/c22-16-8-11-18(21(23,24)25)19(12-16)30-28-20(15-4-2-1-3-5-15)27-29(30)17-9-6-14(13-26)7-10-17/h1-12H,(H,27,28)/p+1. The van der Waals surface area contributed by atoms with E-state index < -0.39 is 11.7 Å². The first-order chi connectivity index (χ1) is 14.4. The van der Waals surface area contributed by atoms with Crippen LogP contribution in [0, 0.1) is 11.3 Å². The summed E-state index contributed by atoms with van der Waals surface area (Å²) in [4.78, 5) is 0. The van der Waals surface area contributed by atoms with Crippen LogP contribution in [-0.4, -0.2) is 5.84 Å².